The van der Waals surface area contributed by atoms with Gasteiger partial charge in [0, 0.05) is 10.9 Å². The summed E-state index contributed by atoms with van der Waals surface area (Å²) in [6.45, 7) is 1.98. The molecule has 0 spiro atoms. The van der Waals surface area contributed by atoms with Gasteiger partial charge in [0.1, 0.15) is 0 Å². The molecule has 0 aliphatic rings. The van der Waals surface area contributed by atoms with Gasteiger partial charge in [-0.15, -0.1) is 0 Å². The standard InChI is InChI=1S/C15H13BrCl2O/c1-9-11(3-2-4-12(9)16)15(19)8-10-5-6-13(17)14(18)7-10/h2-7,15,19H,8H2,1H3. The topological polar surface area (TPSA) is 20.2 Å². The van der Waals surface area contributed by atoms with Crippen LogP contribution in [-0.2, 0) is 6.42 Å². The van der Waals surface area contributed by atoms with Gasteiger partial charge in [0.05, 0.1) is 16.1 Å². The van der Waals surface area contributed by atoms with Crippen molar-refractivity contribution in [3.63, 3.8) is 0 Å². The molecule has 2 rings (SSSR count). The Morgan fingerprint density at radius 1 is 1.16 bits per heavy atom. The zero-order valence-corrected chi connectivity index (χ0v) is 13.4. The molecule has 0 aromatic heterocycles. The minimum atomic E-state index is -0.560. The maximum absolute atomic E-state index is 10.3. The van der Waals surface area contributed by atoms with Crippen molar-refractivity contribution in [1.29, 1.82) is 0 Å². The van der Waals surface area contributed by atoms with E-state index in [2.05, 4.69) is 15.9 Å². The molecule has 19 heavy (non-hydrogen) atoms. The second kappa shape index (κ2) is 6.27. The number of hydrogen-bond acceptors (Lipinski definition) is 1. The summed E-state index contributed by atoms with van der Waals surface area (Å²) in [6, 6.07) is 11.2. The lowest BCUT2D eigenvalue weighted by molar-refractivity contribution is 0.177. The second-order valence-corrected chi connectivity index (χ2v) is 6.09. The van der Waals surface area contributed by atoms with E-state index in [0.29, 0.717) is 16.5 Å². The van der Waals surface area contributed by atoms with E-state index in [9.17, 15) is 5.11 Å². The zero-order chi connectivity index (χ0) is 14.0. The molecule has 1 atom stereocenters. The Labute approximate surface area is 131 Å². The van der Waals surface area contributed by atoms with E-state index < -0.39 is 6.10 Å². The van der Waals surface area contributed by atoms with Gasteiger partial charge in [0.15, 0.2) is 0 Å². The highest BCUT2D eigenvalue weighted by Gasteiger charge is 2.13. The molecule has 100 valence electrons. The molecule has 0 amide bonds. The van der Waals surface area contributed by atoms with Crippen molar-refractivity contribution in [2.45, 2.75) is 19.4 Å². The quantitative estimate of drug-likeness (QED) is 0.784. The fraction of sp³-hybridized carbons (Fsp3) is 0.200. The van der Waals surface area contributed by atoms with Gasteiger partial charge < -0.3 is 5.11 Å². The van der Waals surface area contributed by atoms with Crippen LogP contribution in [0.25, 0.3) is 0 Å². The van der Waals surface area contributed by atoms with Crippen LogP contribution in [0.4, 0.5) is 0 Å². The Morgan fingerprint density at radius 3 is 2.58 bits per heavy atom. The van der Waals surface area contributed by atoms with Gasteiger partial charge in [-0.3, -0.25) is 0 Å². The van der Waals surface area contributed by atoms with E-state index in [4.69, 9.17) is 23.2 Å². The Balaban J connectivity index is 2.23. The second-order valence-electron chi connectivity index (χ2n) is 4.42. The number of halogens is 3. The highest BCUT2D eigenvalue weighted by atomic mass is 79.9. The lowest BCUT2D eigenvalue weighted by Crippen LogP contribution is -2.04. The number of rotatable bonds is 3. The molecule has 0 bridgehead atoms. The molecular weight excluding hydrogens is 347 g/mol. The van der Waals surface area contributed by atoms with Crippen LogP contribution in [0, 0.1) is 6.92 Å². The normalized spacial score (nSPS) is 12.5. The fourth-order valence-electron chi connectivity index (χ4n) is 1.98. The first kappa shape index (κ1) is 14.9. The molecule has 1 N–H and O–H groups in total. The number of benzene rings is 2. The van der Waals surface area contributed by atoms with E-state index >= 15 is 0 Å². The minimum Gasteiger partial charge on any atom is -0.388 e. The van der Waals surface area contributed by atoms with Gasteiger partial charge in [0.25, 0.3) is 0 Å². The van der Waals surface area contributed by atoms with Crippen LogP contribution in [0.1, 0.15) is 22.8 Å². The van der Waals surface area contributed by atoms with Crippen LogP contribution in [-0.4, -0.2) is 5.11 Å². The lowest BCUT2D eigenvalue weighted by Gasteiger charge is -2.15. The third kappa shape index (κ3) is 3.51. The first-order valence-corrected chi connectivity index (χ1v) is 7.41. The van der Waals surface area contributed by atoms with Crippen LogP contribution in [0.3, 0.4) is 0 Å². The zero-order valence-electron chi connectivity index (χ0n) is 10.3. The average Bonchev–Trinajstić information content (AvgIpc) is 2.37. The van der Waals surface area contributed by atoms with Crippen molar-refractivity contribution >= 4 is 39.1 Å². The van der Waals surface area contributed by atoms with Crippen LogP contribution >= 0.6 is 39.1 Å². The summed E-state index contributed by atoms with van der Waals surface area (Å²) in [5, 5.41) is 11.4. The summed E-state index contributed by atoms with van der Waals surface area (Å²) in [5.41, 5.74) is 2.93. The number of aliphatic hydroxyl groups excluding tert-OH is 1. The summed E-state index contributed by atoms with van der Waals surface area (Å²) in [7, 11) is 0. The van der Waals surface area contributed by atoms with E-state index in [1.165, 1.54) is 0 Å². The van der Waals surface area contributed by atoms with Gasteiger partial charge in [-0.05, 0) is 41.8 Å². The van der Waals surface area contributed by atoms with Crippen molar-refractivity contribution in [2.75, 3.05) is 0 Å². The fourth-order valence-corrected chi connectivity index (χ4v) is 2.69. The monoisotopic (exact) mass is 358 g/mol. The number of aliphatic hydroxyl groups is 1. The maximum atomic E-state index is 10.3. The largest absolute Gasteiger partial charge is 0.388 e. The van der Waals surface area contributed by atoms with Gasteiger partial charge in [0.2, 0.25) is 0 Å². The first-order valence-electron chi connectivity index (χ1n) is 5.86. The highest BCUT2D eigenvalue weighted by Crippen LogP contribution is 2.29. The maximum Gasteiger partial charge on any atom is 0.0833 e. The molecule has 0 radical (unpaired) electrons. The van der Waals surface area contributed by atoms with E-state index in [1.54, 1.807) is 12.1 Å². The molecule has 4 heteroatoms. The molecule has 0 aliphatic heterocycles. The molecule has 1 unspecified atom stereocenters. The SMILES string of the molecule is Cc1c(Br)cccc1C(O)Cc1ccc(Cl)c(Cl)c1. The van der Waals surface area contributed by atoms with Crippen molar-refractivity contribution in [2.24, 2.45) is 0 Å². The van der Waals surface area contributed by atoms with Crippen LogP contribution < -0.4 is 0 Å². The van der Waals surface area contributed by atoms with Crippen LogP contribution in [0.5, 0.6) is 0 Å². The lowest BCUT2D eigenvalue weighted by atomic mass is 9.98. The molecule has 2 aromatic rings. The molecule has 0 saturated heterocycles. The number of hydrogen-bond donors (Lipinski definition) is 1. The van der Waals surface area contributed by atoms with Crippen molar-refractivity contribution in [3.05, 3.63) is 67.6 Å². The van der Waals surface area contributed by atoms with Gasteiger partial charge in [-0.25, -0.2) is 0 Å². The summed E-state index contributed by atoms with van der Waals surface area (Å²) >= 11 is 15.3. The third-order valence-electron chi connectivity index (χ3n) is 3.08. The Morgan fingerprint density at radius 2 is 1.89 bits per heavy atom. The molecule has 2 aromatic carbocycles. The highest BCUT2D eigenvalue weighted by molar-refractivity contribution is 9.10. The molecule has 1 nitrogen and oxygen atoms in total. The van der Waals surface area contributed by atoms with Crippen molar-refractivity contribution < 1.29 is 5.11 Å². The molecule has 0 saturated carbocycles. The Hall–Kier alpha value is -0.540. The van der Waals surface area contributed by atoms with Gasteiger partial charge in [-0.2, -0.15) is 0 Å². The first-order chi connectivity index (χ1) is 8.99. The molecule has 0 aliphatic carbocycles. The van der Waals surface area contributed by atoms with Crippen molar-refractivity contribution in [1.82, 2.24) is 0 Å². The molecular formula is C15H13BrCl2O. The van der Waals surface area contributed by atoms with Crippen LogP contribution in [0.15, 0.2) is 40.9 Å². The summed E-state index contributed by atoms with van der Waals surface area (Å²) < 4.78 is 0.998. The minimum absolute atomic E-state index is 0.508. The Kier molecular flexibility index (Phi) is 4.91. The molecule has 0 heterocycles. The van der Waals surface area contributed by atoms with E-state index in [1.807, 2.05) is 31.2 Å². The Bertz CT molecular complexity index is 599. The van der Waals surface area contributed by atoms with E-state index in [0.717, 1.165) is 21.2 Å². The third-order valence-corrected chi connectivity index (χ3v) is 4.68. The smallest absolute Gasteiger partial charge is 0.0833 e. The average molecular weight is 360 g/mol. The van der Waals surface area contributed by atoms with Crippen molar-refractivity contribution in [3.8, 4) is 0 Å². The summed E-state index contributed by atoms with van der Waals surface area (Å²) in [5.74, 6) is 0. The summed E-state index contributed by atoms with van der Waals surface area (Å²) in [6.07, 6.45) is -0.0523. The summed E-state index contributed by atoms with van der Waals surface area (Å²) in [4.78, 5) is 0. The van der Waals surface area contributed by atoms with Crippen LogP contribution in [0.2, 0.25) is 10.0 Å². The predicted octanol–water partition coefficient (Wildman–Crippen LogP) is 5.34. The van der Waals surface area contributed by atoms with Gasteiger partial charge in [-0.1, -0.05) is 57.3 Å². The van der Waals surface area contributed by atoms with E-state index in [-0.39, 0.29) is 0 Å². The van der Waals surface area contributed by atoms with Gasteiger partial charge >= 0.3 is 0 Å². The predicted molar refractivity (Wildman–Crippen MR) is 84.0 cm³/mol. The molecule has 0 fully saturated rings.